The summed E-state index contributed by atoms with van der Waals surface area (Å²) < 4.78 is 0. The lowest BCUT2D eigenvalue weighted by atomic mass is 9.87. The molecule has 0 spiro atoms. The molecule has 2 rings (SSSR count). The fourth-order valence-corrected chi connectivity index (χ4v) is 2.93. The van der Waals surface area contributed by atoms with Crippen molar-refractivity contribution >= 4 is 5.91 Å². The van der Waals surface area contributed by atoms with Crippen LogP contribution in [-0.4, -0.2) is 24.5 Å². The van der Waals surface area contributed by atoms with E-state index in [1.807, 2.05) is 0 Å². The number of hydrogen-bond acceptors (Lipinski definition) is 2. The van der Waals surface area contributed by atoms with E-state index in [0.717, 1.165) is 18.9 Å². The number of carbonyl (C=O) groups is 1. The minimum Gasteiger partial charge on any atom is -0.353 e. The van der Waals surface area contributed by atoms with Gasteiger partial charge >= 0.3 is 0 Å². The van der Waals surface area contributed by atoms with E-state index in [1.54, 1.807) is 0 Å². The molecule has 0 bridgehead atoms. The van der Waals surface area contributed by atoms with Gasteiger partial charge in [0.2, 0.25) is 5.91 Å². The summed E-state index contributed by atoms with van der Waals surface area (Å²) in [6.07, 6.45) is 5.87. The predicted molar refractivity (Wildman–Crippen MR) is 65.1 cm³/mol. The smallest absolute Gasteiger partial charge is 0.224 e. The van der Waals surface area contributed by atoms with Crippen LogP contribution in [0.15, 0.2) is 0 Å². The van der Waals surface area contributed by atoms with E-state index in [4.69, 9.17) is 0 Å². The number of nitrogens with one attached hydrogen (secondary N) is 2. The lowest BCUT2D eigenvalue weighted by Crippen LogP contribution is -2.43. The first-order valence-corrected chi connectivity index (χ1v) is 6.70. The third-order valence-electron chi connectivity index (χ3n) is 4.22. The molecule has 1 aliphatic heterocycles. The van der Waals surface area contributed by atoms with Gasteiger partial charge in [-0.05, 0) is 51.5 Å². The van der Waals surface area contributed by atoms with E-state index in [0.29, 0.717) is 12.1 Å². The van der Waals surface area contributed by atoms with Gasteiger partial charge in [-0.2, -0.15) is 0 Å². The molecule has 16 heavy (non-hydrogen) atoms. The van der Waals surface area contributed by atoms with Gasteiger partial charge in [0.25, 0.3) is 0 Å². The number of amides is 1. The predicted octanol–water partition coefficient (Wildman–Crippen LogP) is 1.68. The molecule has 1 heterocycles. The first-order valence-electron chi connectivity index (χ1n) is 6.70. The number of rotatable bonds is 2. The van der Waals surface area contributed by atoms with E-state index in [9.17, 15) is 4.79 Å². The van der Waals surface area contributed by atoms with Gasteiger partial charge in [-0.3, -0.25) is 4.79 Å². The second kappa shape index (κ2) is 5.17. The molecule has 92 valence electrons. The molecule has 2 atom stereocenters. The lowest BCUT2D eigenvalue weighted by molar-refractivity contribution is -0.126. The van der Waals surface area contributed by atoms with Crippen LogP contribution in [0.1, 0.15) is 46.0 Å². The van der Waals surface area contributed by atoms with Crippen molar-refractivity contribution < 1.29 is 4.79 Å². The maximum atomic E-state index is 12.1. The molecule has 1 saturated heterocycles. The van der Waals surface area contributed by atoms with Crippen molar-refractivity contribution in [3.05, 3.63) is 0 Å². The van der Waals surface area contributed by atoms with Crippen LogP contribution < -0.4 is 10.6 Å². The molecule has 0 radical (unpaired) electrons. The molecular formula is C13H24N2O. The molecule has 1 amide bonds. The van der Waals surface area contributed by atoms with Gasteiger partial charge in [-0.25, -0.2) is 0 Å². The van der Waals surface area contributed by atoms with Crippen LogP contribution in [0.4, 0.5) is 0 Å². The topological polar surface area (TPSA) is 41.1 Å². The molecule has 2 fully saturated rings. The van der Waals surface area contributed by atoms with E-state index in [-0.39, 0.29) is 11.8 Å². The minimum absolute atomic E-state index is 0.194. The van der Waals surface area contributed by atoms with E-state index in [2.05, 4.69) is 24.5 Å². The van der Waals surface area contributed by atoms with Gasteiger partial charge in [0.05, 0.1) is 5.92 Å². The molecule has 0 aromatic carbocycles. The lowest BCUT2D eigenvalue weighted by Gasteiger charge is -2.28. The van der Waals surface area contributed by atoms with Crippen molar-refractivity contribution in [3.63, 3.8) is 0 Å². The zero-order valence-corrected chi connectivity index (χ0v) is 10.5. The highest BCUT2D eigenvalue weighted by Crippen LogP contribution is 2.24. The summed E-state index contributed by atoms with van der Waals surface area (Å²) in [5, 5.41) is 6.57. The molecule has 2 unspecified atom stereocenters. The van der Waals surface area contributed by atoms with Crippen LogP contribution >= 0.6 is 0 Å². The van der Waals surface area contributed by atoms with E-state index in [1.165, 1.54) is 25.7 Å². The zero-order chi connectivity index (χ0) is 11.5. The largest absolute Gasteiger partial charge is 0.353 e. The van der Waals surface area contributed by atoms with Gasteiger partial charge in [0, 0.05) is 12.1 Å². The maximum Gasteiger partial charge on any atom is 0.224 e. The zero-order valence-electron chi connectivity index (χ0n) is 10.5. The summed E-state index contributed by atoms with van der Waals surface area (Å²) >= 11 is 0. The molecule has 0 aromatic rings. The average Bonchev–Trinajstić information content (AvgIpc) is 2.68. The highest BCUT2D eigenvalue weighted by molar-refractivity contribution is 5.80. The first kappa shape index (κ1) is 11.9. The second-order valence-electron chi connectivity index (χ2n) is 5.60. The summed E-state index contributed by atoms with van der Waals surface area (Å²) in [5.41, 5.74) is 0. The third kappa shape index (κ3) is 2.76. The van der Waals surface area contributed by atoms with Crippen molar-refractivity contribution in [2.24, 2.45) is 11.8 Å². The van der Waals surface area contributed by atoms with E-state index >= 15 is 0 Å². The normalized spacial score (nSPS) is 39.6. The van der Waals surface area contributed by atoms with Crippen LogP contribution in [0, 0.1) is 11.8 Å². The van der Waals surface area contributed by atoms with Crippen LogP contribution in [0.3, 0.4) is 0 Å². The Morgan fingerprint density at radius 1 is 1.12 bits per heavy atom. The Labute approximate surface area is 98.4 Å². The molecule has 3 heteroatoms. The van der Waals surface area contributed by atoms with Gasteiger partial charge in [-0.15, -0.1) is 0 Å². The fraction of sp³-hybridized carbons (Fsp3) is 0.923. The van der Waals surface area contributed by atoms with Crippen LogP contribution in [0.5, 0.6) is 0 Å². The van der Waals surface area contributed by atoms with Crippen molar-refractivity contribution in [3.8, 4) is 0 Å². The molecule has 1 saturated carbocycles. The maximum absolute atomic E-state index is 12.1. The molecule has 2 N–H and O–H groups in total. The Hall–Kier alpha value is -0.570. The van der Waals surface area contributed by atoms with Crippen LogP contribution in [0.25, 0.3) is 0 Å². The molecule has 1 aliphatic carbocycles. The summed E-state index contributed by atoms with van der Waals surface area (Å²) in [4.78, 5) is 12.1. The number of carbonyl (C=O) groups excluding carboxylic acids is 1. The van der Waals surface area contributed by atoms with Crippen LogP contribution in [0.2, 0.25) is 0 Å². The SMILES string of the molecule is CC1CCC(NC(=O)C2CCNC2C)CC1. The summed E-state index contributed by atoms with van der Waals surface area (Å²) in [7, 11) is 0. The standard InChI is InChI=1S/C13H24N2O/c1-9-3-5-11(6-4-9)15-13(16)12-7-8-14-10(12)2/h9-12,14H,3-8H2,1-2H3,(H,15,16). The summed E-state index contributed by atoms with van der Waals surface area (Å²) in [6, 6.07) is 0.791. The van der Waals surface area contributed by atoms with Gasteiger partial charge in [0.1, 0.15) is 0 Å². The van der Waals surface area contributed by atoms with Gasteiger partial charge < -0.3 is 10.6 Å². The third-order valence-corrected chi connectivity index (χ3v) is 4.22. The van der Waals surface area contributed by atoms with Crippen molar-refractivity contribution in [1.82, 2.24) is 10.6 Å². The highest BCUT2D eigenvalue weighted by atomic mass is 16.2. The van der Waals surface area contributed by atoms with Crippen molar-refractivity contribution in [2.75, 3.05) is 6.54 Å². The molecule has 3 nitrogen and oxygen atoms in total. The Morgan fingerprint density at radius 3 is 2.38 bits per heavy atom. The Kier molecular flexibility index (Phi) is 3.85. The van der Waals surface area contributed by atoms with Crippen LogP contribution in [-0.2, 0) is 4.79 Å². The van der Waals surface area contributed by atoms with E-state index < -0.39 is 0 Å². The molecule has 0 aromatic heterocycles. The summed E-state index contributed by atoms with van der Waals surface area (Å²) in [6.45, 7) is 5.40. The summed E-state index contributed by atoms with van der Waals surface area (Å²) in [5.74, 6) is 1.32. The Bertz CT molecular complexity index is 246. The first-order chi connectivity index (χ1) is 7.66. The highest BCUT2D eigenvalue weighted by Gasteiger charge is 2.31. The van der Waals surface area contributed by atoms with Crippen molar-refractivity contribution in [1.29, 1.82) is 0 Å². The molecule has 2 aliphatic rings. The second-order valence-corrected chi connectivity index (χ2v) is 5.60. The molecular weight excluding hydrogens is 200 g/mol. The quantitative estimate of drug-likeness (QED) is 0.749. The minimum atomic E-state index is 0.194. The number of hydrogen-bond donors (Lipinski definition) is 2. The van der Waals surface area contributed by atoms with Crippen molar-refractivity contribution in [2.45, 2.75) is 58.0 Å². The van der Waals surface area contributed by atoms with Gasteiger partial charge in [0.15, 0.2) is 0 Å². The van der Waals surface area contributed by atoms with Gasteiger partial charge in [-0.1, -0.05) is 6.92 Å². The average molecular weight is 224 g/mol. The fourth-order valence-electron chi connectivity index (χ4n) is 2.93. The Morgan fingerprint density at radius 2 is 1.81 bits per heavy atom. The monoisotopic (exact) mass is 224 g/mol. The Balaban J connectivity index is 1.78.